The number of hydrogen-bond donors (Lipinski definition) is 0. The highest BCUT2D eigenvalue weighted by Gasteiger charge is 2.34. The van der Waals surface area contributed by atoms with Crippen LogP contribution in [0.5, 0.6) is 5.75 Å². The number of carbonyl (C=O) groups excluding carboxylic acids is 2. The minimum absolute atomic E-state index is 0.138. The van der Waals surface area contributed by atoms with E-state index in [0.29, 0.717) is 30.5 Å². The molecule has 1 aliphatic heterocycles. The summed E-state index contributed by atoms with van der Waals surface area (Å²) < 4.78 is 8.82. The van der Waals surface area contributed by atoms with E-state index in [2.05, 4.69) is 36.1 Å². The number of carbonyl (C=O) groups is 2. The second-order valence-corrected chi connectivity index (χ2v) is 10.6. The van der Waals surface area contributed by atoms with E-state index in [4.69, 9.17) is 4.74 Å². The molecule has 0 unspecified atom stereocenters. The third kappa shape index (κ3) is 5.11. The van der Waals surface area contributed by atoms with Gasteiger partial charge in [-0.25, -0.2) is 5.01 Å². The molecule has 3 aromatic rings. The molecule has 2 aromatic heterocycles. The van der Waals surface area contributed by atoms with E-state index in [0.717, 1.165) is 29.3 Å². The summed E-state index contributed by atoms with van der Waals surface area (Å²) in [7, 11) is 3.39. The largest absolute Gasteiger partial charge is 0.497 e. The smallest absolute Gasteiger partial charge is 0.290 e. The number of rotatable bonds is 7. The molecule has 0 aliphatic carbocycles. The average Bonchev–Trinajstić information content (AvgIpc) is 3.59. The Bertz CT molecular complexity index is 1240. The van der Waals surface area contributed by atoms with Gasteiger partial charge in [-0.15, -0.1) is 10.2 Å². The highest BCUT2D eigenvalue weighted by molar-refractivity contribution is 7.99. The first-order chi connectivity index (χ1) is 17.1. The number of benzene rings is 1. The molecule has 1 saturated heterocycles. The van der Waals surface area contributed by atoms with Crippen molar-refractivity contribution in [3.63, 3.8) is 0 Å². The van der Waals surface area contributed by atoms with Crippen molar-refractivity contribution in [1.29, 1.82) is 0 Å². The molecule has 3 heterocycles. The van der Waals surface area contributed by atoms with E-state index in [1.165, 1.54) is 11.8 Å². The fourth-order valence-corrected chi connectivity index (χ4v) is 4.95. The van der Waals surface area contributed by atoms with E-state index in [1.807, 2.05) is 41.8 Å². The van der Waals surface area contributed by atoms with Gasteiger partial charge in [0.05, 0.1) is 18.6 Å². The predicted molar refractivity (Wildman–Crippen MR) is 138 cm³/mol. The molecule has 0 N–H and O–H groups in total. The summed E-state index contributed by atoms with van der Waals surface area (Å²) in [4.78, 5) is 26.5. The van der Waals surface area contributed by atoms with Gasteiger partial charge in [0, 0.05) is 37.7 Å². The fourth-order valence-electron chi connectivity index (χ4n) is 4.08. The van der Waals surface area contributed by atoms with Gasteiger partial charge >= 0.3 is 0 Å². The minimum Gasteiger partial charge on any atom is -0.497 e. The Kier molecular flexibility index (Phi) is 7.39. The van der Waals surface area contributed by atoms with Crippen molar-refractivity contribution in [2.24, 2.45) is 7.05 Å². The molecule has 0 atom stereocenters. The minimum atomic E-state index is -0.213. The maximum absolute atomic E-state index is 13.3. The number of thioether (sulfide) groups is 1. The maximum Gasteiger partial charge on any atom is 0.290 e. The first kappa shape index (κ1) is 25.7. The van der Waals surface area contributed by atoms with Crippen LogP contribution < -0.4 is 4.74 Å². The van der Waals surface area contributed by atoms with E-state index >= 15 is 0 Å². The Balaban J connectivity index is 1.46. The number of aromatic nitrogens is 5. The van der Waals surface area contributed by atoms with Crippen molar-refractivity contribution < 1.29 is 14.3 Å². The van der Waals surface area contributed by atoms with Crippen molar-refractivity contribution in [2.75, 3.05) is 26.0 Å². The van der Waals surface area contributed by atoms with Gasteiger partial charge in [0.2, 0.25) is 0 Å². The van der Waals surface area contributed by atoms with Gasteiger partial charge < -0.3 is 9.30 Å². The molecule has 10 nitrogen and oxygen atoms in total. The lowest BCUT2D eigenvalue weighted by molar-refractivity contribution is -0.137. The molecule has 36 heavy (non-hydrogen) atoms. The number of amides is 2. The Morgan fingerprint density at radius 3 is 2.39 bits per heavy atom. The second kappa shape index (κ2) is 10.3. The van der Waals surface area contributed by atoms with Gasteiger partial charge in [0.25, 0.3) is 11.8 Å². The zero-order chi connectivity index (χ0) is 26.0. The van der Waals surface area contributed by atoms with Gasteiger partial charge in [0.15, 0.2) is 11.0 Å². The monoisotopic (exact) mass is 511 g/mol. The Hall–Kier alpha value is -3.34. The standard InChI is InChI=1S/C25H33N7O3S/c1-7-30-22(17-9-11-18(35-6)12-10-17)26-27-24(30)36-16-21(33)31-13-8-14-32(31)23(34)19-15-20(25(2,3)4)28-29(19)5/h9-12,15H,7-8,13-14,16H2,1-6H3. The number of ether oxygens (including phenoxy) is 1. The summed E-state index contributed by atoms with van der Waals surface area (Å²) in [6, 6.07) is 9.46. The van der Waals surface area contributed by atoms with Gasteiger partial charge in [-0.1, -0.05) is 32.5 Å². The van der Waals surface area contributed by atoms with E-state index < -0.39 is 0 Å². The number of methoxy groups -OCH3 is 1. The number of hydrazine groups is 1. The molecule has 4 rings (SSSR count). The first-order valence-electron chi connectivity index (χ1n) is 12.0. The van der Waals surface area contributed by atoms with Crippen LogP contribution in [0.25, 0.3) is 11.4 Å². The third-order valence-corrected chi connectivity index (χ3v) is 7.08. The van der Waals surface area contributed by atoms with E-state index in [-0.39, 0.29) is 23.0 Å². The second-order valence-electron chi connectivity index (χ2n) is 9.65. The summed E-state index contributed by atoms with van der Waals surface area (Å²) in [5, 5.41) is 16.9. The van der Waals surface area contributed by atoms with Crippen LogP contribution in [0.15, 0.2) is 35.5 Å². The topological polar surface area (TPSA) is 98.4 Å². The molecule has 0 bridgehead atoms. The lowest BCUT2D eigenvalue weighted by Crippen LogP contribution is -2.46. The highest BCUT2D eigenvalue weighted by atomic mass is 32.2. The average molecular weight is 512 g/mol. The molecule has 192 valence electrons. The molecule has 1 aliphatic rings. The van der Waals surface area contributed by atoms with Crippen LogP contribution in [0.2, 0.25) is 0 Å². The van der Waals surface area contributed by atoms with Crippen molar-refractivity contribution in [2.45, 2.75) is 51.2 Å². The lowest BCUT2D eigenvalue weighted by atomic mass is 9.92. The van der Waals surface area contributed by atoms with Crippen LogP contribution in [0.4, 0.5) is 0 Å². The Labute approximate surface area is 215 Å². The first-order valence-corrected chi connectivity index (χ1v) is 13.0. The molecule has 11 heteroatoms. The molecule has 0 spiro atoms. The van der Waals surface area contributed by atoms with Crippen LogP contribution in [0, 0.1) is 0 Å². The summed E-state index contributed by atoms with van der Waals surface area (Å²) in [6.45, 7) is 9.86. The normalized spacial score (nSPS) is 13.9. The predicted octanol–water partition coefficient (Wildman–Crippen LogP) is 3.39. The van der Waals surface area contributed by atoms with Crippen molar-refractivity contribution in [1.82, 2.24) is 34.6 Å². The maximum atomic E-state index is 13.3. The lowest BCUT2D eigenvalue weighted by Gasteiger charge is -2.27. The number of hydrogen-bond acceptors (Lipinski definition) is 7. The van der Waals surface area contributed by atoms with Gasteiger partial charge in [0.1, 0.15) is 11.4 Å². The highest BCUT2D eigenvalue weighted by Crippen LogP contribution is 2.27. The molecule has 1 aromatic carbocycles. The molecular weight excluding hydrogens is 478 g/mol. The van der Waals surface area contributed by atoms with Gasteiger partial charge in [-0.2, -0.15) is 5.10 Å². The molecular formula is C25H33N7O3S. The molecule has 0 saturated carbocycles. The van der Waals surface area contributed by atoms with Crippen LogP contribution in [-0.2, 0) is 23.8 Å². The van der Waals surface area contributed by atoms with Crippen molar-refractivity contribution >= 4 is 23.6 Å². The van der Waals surface area contributed by atoms with Crippen LogP contribution in [-0.4, -0.2) is 72.3 Å². The number of aryl methyl sites for hydroxylation is 1. The Morgan fingerprint density at radius 1 is 1.08 bits per heavy atom. The summed E-state index contributed by atoms with van der Waals surface area (Å²) in [5.41, 5.74) is 2.06. The third-order valence-electron chi connectivity index (χ3n) is 6.13. The number of nitrogens with zero attached hydrogens (tertiary/aromatic N) is 7. The van der Waals surface area contributed by atoms with Gasteiger partial charge in [-0.05, 0) is 43.7 Å². The van der Waals surface area contributed by atoms with E-state index in [9.17, 15) is 9.59 Å². The van der Waals surface area contributed by atoms with Crippen molar-refractivity contribution in [3.8, 4) is 17.1 Å². The van der Waals surface area contributed by atoms with Crippen LogP contribution in [0.3, 0.4) is 0 Å². The van der Waals surface area contributed by atoms with Crippen LogP contribution in [0.1, 0.15) is 50.3 Å². The van der Waals surface area contributed by atoms with Crippen molar-refractivity contribution in [3.05, 3.63) is 41.7 Å². The fraction of sp³-hybridized carbons (Fsp3) is 0.480. The summed E-state index contributed by atoms with van der Waals surface area (Å²) in [6.07, 6.45) is 0.735. The summed E-state index contributed by atoms with van der Waals surface area (Å²) >= 11 is 1.33. The molecule has 1 fully saturated rings. The SMILES string of the molecule is CCn1c(SCC(=O)N2CCCN2C(=O)c2cc(C(C)(C)C)nn2C)nnc1-c1ccc(OC)cc1. The summed E-state index contributed by atoms with van der Waals surface area (Å²) in [5.74, 6) is 1.31. The Morgan fingerprint density at radius 2 is 1.78 bits per heavy atom. The molecule has 0 radical (unpaired) electrons. The zero-order valence-corrected chi connectivity index (χ0v) is 22.5. The van der Waals surface area contributed by atoms with Gasteiger partial charge in [-0.3, -0.25) is 19.3 Å². The quantitative estimate of drug-likeness (QED) is 0.449. The van der Waals surface area contributed by atoms with E-state index in [1.54, 1.807) is 28.9 Å². The molecule has 2 amide bonds. The van der Waals surface area contributed by atoms with Crippen LogP contribution >= 0.6 is 11.8 Å². The zero-order valence-electron chi connectivity index (χ0n) is 21.7.